The van der Waals surface area contributed by atoms with Crippen LogP contribution in [0.4, 0.5) is 5.69 Å². The average molecular weight is 329 g/mol. The Morgan fingerprint density at radius 2 is 2.13 bits per heavy atom. The maximum absolute atomic E-state index is 12.2. The van der Waals surface area contributed by atoms with E-state index in [0.29, 0.717) is 28.1 Å². The number of anilines is 1. The molecular formula is C17H19N3O2S. The predicted molar refractivity (Wildman–Crippen MR) is 90.2 cm³/mol. The number of nitrogens with zero attached hydrogens (tertiary/aromatic N) is 2. The second-order valence-corrected chi connectivity index (χ2v) is 8.60. The fourth-order valence-electron chi connectivity index (χ4n) is 2.86. The maximum Gasteiger partial charge on any atom is 0.179 e. The van der Waals surface area contributed by atoms with E-state index in [4.69, 9.17) is 0 Å². The second kappa shape index (κ2) is 5.20. The Morgan fingerprint density at radius 3 is 2.78 bits per heavy atom. The third-order valence-corrected chi connectivity index (χ3v) is 6.32. The number of fused-ring (bicyclic) bond motifs is 3. The van der Waals surface area contributed by atoms with Gasteiger partial charge in [0, 0.05) is 17.1 Å². The Hall–Kier alpha value is -2.13. The van der Waals surface area contributed by atoms with Crippen molar-refractivity contribution in [2.24, 2.45) is 0 Å². The van der Waals surface area contributed by atoms with Crippen molar-refractivity contribution in [1.29, 1.82) is 5.26 Å². The van der Waals surface area contributed by atoms with Crippen LogP contribution in [0.3, 0.4) is 0 Å². The molecule has 0 bridgehead atoms. The Labute approximate surface area is 136 Å². The fourth-order valence-corrected chi connectivity index (χ4v) is 4.41. The Kier molecular flexibility index (Phi) is 3.56. The Morgan fingerprint density at radius 1 is 1.39 bits per heavy atom. The molecule has 0 atom stereocenters. The van der Waals surface area contributed by atoms with Gasteiger partial charge in [0.05, 0.1) is 27.4 Å². The first-order valence-corrected chi connectivity index (χ1v) is 9.30. The highest BCUT2D eigenvalue weighted by molar-refractivity contribution is 7.91. The number of benzene rings is 1. The minimum atomic E-state index is -3.22. The summed E-state index contributed by atoms with van der Waals surface area (Å²) in [5.74, 6) is 0.120. The summed E-state index contributed by atoms with van der Waals surface area (Å²) in [4.78, 5) is 4.71. The number of nitriles is 1. The summed E-state index contributed by atoms with van der Waals surface area (Å²) in [7, 11) is -3.22. The van der Waals surface area contributed by atoms with Crippen molar-refractivity contribution < 1.29 is 8.42 Å². The zero-order valence-electron chi connectivity index (χ0n) is 13.5. The molecule has 0 fully saturated rings. The van der Waals surface area contributed by atoms with Gasteiger partial charge in [-0.25, -0.2) is 8.42 Å². The lowest BCUT2D eigenvalue weighted by Gasteiger charge is -2.27. The number of rotatable bonds is 3. The molecule has 6 heteroatoms. The molecule has 1 aliphatic rings. The molecule has 0 saturated heterocycles. The number of sulfone groups is 1. The number of aryl methyl sites for hydroxylation is 1. The quantitative estimate of drug-likeness (QED) is 0.936. The van der Waals surface area contributed by atoms with Crippen LogP contribution in [0.15, 0.2) is 23.2 Å². The van der Waals surface area contributed by atoms with Gasteiger partial charge in [-0.1, -0.05) is 6.92 Å². The van der Waals surface area contributed by atoms with Crippen molar-refractivity contribution in [3.05, 3.63) is 29.5 Å². The van der Waals surface area contributed by atoms with Crippen LogP contribution >= 0.6 is 0 Å². The van der Waals surface area contributed by atoms with Gasteiger partial charge in [-0.3, -0.25) is 4.98 Å². The number of nitrogens with one attached hydrogen (secondary N) is 1. The SMILES string of the molecule is CCC(C)(C)Nc1c(C#N)cnc2ccc3c(c12)CCS3(=O)=O. The average Bonchev–Trinajstić information content (AvgIpc) is 2.82. The topological polar surface area (TPSA) is 82.8 Å². The largest absolute Gasteiger partial charge is 0.379 e. The first-order valence-electron chi connectivity index (χ1n) is 7.65. The van der Waals surface area contributed by atoms with Gasteiger partial charge in [-0.2, -0.15) is 5.26 Å². The van der Waals surface area contributed by atoms with Crippen LogP contribution in [0.2, 0.25) is 0 Å². The molecule has 1 aromatic heterocycles. The predicted octanol–water partition coefficient (Wildman–Crippen LogP) is 3.04. The minimum Gasteiger partial charge on any atom is -0.379 e. The van der Waals surface area contributed by atoms with Crippen molar-refractivity contribution in [3.8, 4) is 6.07 Å². The number of aromatic nitrogens is 1. The van der Waals surface area contributed by atoms with Crippen LogP contribution in [0.25, 0.3) is 10.9 Å². The van der Waals surface area contributed by atoms with Crippen molar-refractivity contribution in [2.75, 3.05) is 11.1 Å². The normalized spacial score (nSPS) is 16.1. The van der Waals surface area contributed by atoms with E-state index in [0.717, 1.165) is 17.4 Å². The van der Waals surface area contributed by atoms with Gasteiger partial charge in [-0.15, -0.1) is 0 Å². The smallest absolute Gasteiger partial charge is 0.179 e. The molecule has 1 aliphatic heterocycles. The molecule has 0 unspecified atom stereocenters. The zero-order chi connectivity index (χ0) is 16.8. The molecule has 2 heterocycles. The summed E-state index contributed by atoms with van der Waals surface area (Å²) < 4.78 is 24.4. The Balaban J connectivity index is 2.37. The van der Waals surface area contributed by atoms with Gasteiger partial charge in [0.2, 0.25) is 0 Å². The van der Waals surface area contributed by atoms with Gasteiger partial charge in [0.1, 0.15) is 6.07 Å². The summed E-state index contributed by atoms with van der Waals surface area (Å²) in [6.45, 7) is 6.18. The highest BCUT2D eigenvalue weighted by Crippen LogP contribution is 2.38. The monoisotopic (exact) mass is 329 g/mol. The summed E-state index contributed by atoms with van der Waals surface area (Å²) >= 11 is 0. The van der Waals surface area contributed by atoms with E-state index in [-0.39, 0.29) is 11.3 Å². The van der Waals surface area contributed by atoms with E-state index < -0.39 is 9.84 Å². The summed E-state index contributed by atoms with van der Waals surface area (Å²) in [6, 6.07) is 5.53. The molecule has 23 heavy (non-hydrogen) atoms. The van der Waals surface area contributed by atoms with Crippen LogP contribution in [0.5, 0.6) is 0 Å². The first-order chi connectivity index (χ1) is 10.8. The molecule has 0 amide bonds. The molecule has 1 aromatic carbocycles. The van der Waals surface area contributed by atoms with Gasteiger partial charge in [0.25, 0.3) is 0 Å². The van der Waals surface area contributed by atoms with E-state index in [1.807, 2.05) is 0 Å². The first kappa shape index (κ1) is 15.8. The number of hydrogen-bond donors (Lipinski definition) is 1. The van der Waals surface area contributed by atoms with E-state index >= 15 is 0 Å². The molecule has 0 saturated carbocycles. The molecule has 0 spiro atoms. The van der Waals surface area contributed by atoms with Crippen molar-refractivity contribution >= 4 is 26.4 Å². The molecule has 0 radical (unpaired) electrons. The fraction of sp³-hybridized carbons (Fsp3) is 0.412. The van der Waals surface area contributed by atoms with E-state index in [1.54, 1.807) is 18.3 Å². The van der Waals surface area contributed by atoms with Crippen molar-refractivity contribution in [3.63, 3.8) is 0 Å². The van der Waals surface area contributed by atoms with Crippen molar-refractivity contribution in [2.45, 2.75) is 44.0 Å². The van der Waals surface area contributed by atoms with Crippen LogP contribution in [0, 0.1) is 11.3 Å². The third kappa shape index (κ3) is 2.55. The second-order valence-electron chi connectivity index (χ2n) is 6.53. The zero-order valence-corrected chi connectivity index (χ0v) is 14.3. The summed E-state index contributed by atoms with van der Waals surface area (Å²) in [6.07, 6.45) is 2.88. The third-order valence-electron chi connectivity index (χ3n) is 4.52. The lowest BCUT2D eigenvalue weighted by Crippen LogP contribution is -2.30. The maximum atomic E-state index is 12.2. The lowest BCUT2D eigenvalue weighted by atomic mass is 9.97. The van der Waals surface area contributed by atoms with Crippen molar-refractivity contribution in [1.82, 2.24) is 4.98 Å². The van der Waals surface area contributed by atoms with Crippen LogP contribution in [-0.2, 0) is 16.3 Å². The standard InChI is InChI=1S/C17H19N3O2S/c1-4-17(2,3)20-16-11(9-18)10-19-13-5-6-14-12(15(13)16)7-8-23(14,21)22/h5-6,10H,4,7-8H2,1-3H3,(H,19,20). The van der Waals surface area contributed by atoms with E-state index in [1.165, 1.54) is 0 Å². The minimum absolute atomic E-state index is 0.120. The molecule has 1 N–H and O–H groups in total. The molecule has 0 aliphatic carbocycles. The highest BCUT2D eigenvalue weighted by Gasteiger charge is 2.30. The number of hydrogen-bond acceptors (Lipinski definition) is 5. The van der Waals surface area contributed by atoms with Gasteiger partial charge >= 0.3 is 0 Å². The van der Waals surface area contributed by atoms with Crippen LogP contribution < -0.4 is 5.32 Å². The summed E-state index contributed by atoms with van der Waals surface area (Å²) in [5.41, 5.74) is 2.42. The summed E-state index contributed by atoms with van der Waals surface area (Å²) in [5, 5.41) is 13.6. The molecular weight excluding hydrogens is 310 g/mol. The van der Waals surface area contributed by atoms with E-state index in [2.05, 4.69) is 37.1 Å². The lowest BCUT2D eigenvalue weighted by molar-refractivity contribution is 0.548. The van der Waals surface area contributed by atoms with Crippen LogP contribution in [-0.4, -0.2) is 24.7 Å². The van der Waals surface area contributed by atoms with Crippen LogP contribution in [0.1, 0.15) is 38.3 Å². The van der Waals surface area contributed by atoms with E-state index in [9.17, 15) is 13.7 Å². The van der Waals surface area contributed by atoms with Gasteiger partial charge < -0.3 is 5.32 Å². The van der Waals surface area contributed by atoms with Gasteiger partial charge in [-0.05, 0) is 44.4 Å². The highest BCUT2D eigenvalue weighted by atomic mass is 32.2. The molecule has 2 aromatic rings. The molecule has 3 rings (SSSR count). The molecule has 5 nitrogen and oxygen atoms in total. The Bertz CT molecular complexity index is 940. The molecule has 120 valence electrons. The van der Waals surface area contributed by atoms with Gasteiger partial charge in [0.15, 0.2) is 9.84 Å². The number of pyridine rings is 1.